The maximum atomic E-state index is 13.0. The molecule has 0 spiro atoms. The fraction of sp³-hybridized carbons (Fsp3) is 0.391. The largest absolute Gasteiger partial charge is 0.477 e. The van der Waals surface area contributed by atoms with Crippen molar-refractivity contribution >= 4 is 11.6 Å². The molecule has 1 saturated carbocycles. The van der Waals surface area contributed by atoms with E-state index >= 15 is 0 Å². The summed E-state index contributed by atoms with van der Waals surface area (Å²) in [5.74, 6) is 1.08. The number of benzene rings is 1. The van der Waals surface area contributed by atoms with Gasteiger partial charge in [-0.15, -0.1) is 0 Å². The van der Waals surface area contributed by atoms with E-state index in [0.717, 1.165) is 37.1 Å². The lowest BCUT2D eigenvalue weighted by atomic mass is 9.92. The Balaban J connectivity index is 1.31. The van der Waals surface area contributed by atoms with Crippen molar-refractivity contribution in [2.24, 2.45) is 0 Å². The number of aromatic nitrogens is 4. The molecule has 1 aliphatic heterocycles. The van der Waals surface area contributed by atoms with E-state index in [1.54, 1.807) is 23.3 Å². The van der Waals surface area contributed by atoms with Gasteiger partial charge in [0.25, 0.3) is 5.91 Å². The number of amides is 1. The van der Waals surface area contributed by atoms with Crippen molar-refractivity contribution in [2.75, 3.05) is 11.4 Å². The van der Waals surface area contributed by atoms with Crippen molar-refractivity contribution in [3.05, 3.63) is 60.9 Å². The number of rotatable bonds is 5. The van der Waals surface area contributed by atoms with E-state index in [2.05, 4.69) is 25.3 Å². The number of fused-ring (bicyclic) bond motifs is 1. The molecule has 166 valence electrons. The lowest BCUT2D eigenvalue weighted by Crippen LogP contribution is -2.54. The molecule has 1 aliphatic carbocycles. The molecule has 5 rings (SSSR count). The van der Waals surface area contributed by atoms with Crippen molar-refractivity contribution in [1.29, 1.82) is 0 Å². The van der Waals surface area contributed by atoms with Gasteiger partial charge in [-0.05, 0) is 31.0 Å². The molecule has 3 heterocycles. The molecule has 9 nitrogen and oxygen atoms in total. The van der Waals surface area contributed by atoms with Gasteiger partial charge in [0.2, 0.25) is 0 Å². The quantitative estimate of drug-likeness (QED) is 0.631. The first-order valence-corrected chi connectivity index (χ1v) is 11.0. The van der Waals surface area contributed by atoms with Crippen LogP contribution in [0.1, 0.15) is 31.5 Å². The first kappa shape index (κ1) is 20.4. The zero-order chi connectivity index (χ0) is 21.9. The van der Waals surface area contributed by atoms with Crippen molar-refractivity contribution in [3.8, 4) is 11.4 Å². The van der Waals surface area contributed by atoms with E-state index < -0.39 is 12.2 Å². The monoisotopic (exact) mass is 434 g/mol. The smallest absolute Gasteiger partial charge is 0.263 e. The minimum absolute atomic E-state index is 0.203. The third-order valence-corrected chi connectivity index (χ3v) is 6.00. The molecular weight excluding hydrogens is 408 g/mol. The molecule has 0 bridgehead atoms. The Bertz CT molecular complexity index is 1060. The maximum absolute atomic E-state index is 13.0. The Hall–Kier alpha value is -3.46. The fourth-order valence-electron chi connectivity index (χ4n) is 4.29. The zero-order valence-corrected chi connectivity index (χ0v) is 17.7. The Labute approximate surface area is 186 Å². The van der Waals surface area contributed by atoms with Crippen LogP contribution in [0.2, 0.25) is 0 Å². The summed E-state index contributed by atoms with van der Waals surface area (Å²) in [7, 11) is 0. The number of nitrogens with zero attached hydrogens (tertiary/aromatic N) is 5. The van der Waals surface area contributed by atoms with Gasteiger partial charge in [0.15, 0.2) is 6.10 Å². The molecule has 3 atom stereocenters. The number of anilines is 1. The van der Waals surface area contributed by atoms with Gasteiger partial charge < -0.3 is 20.1 Å². The first-order valence-electron chi connectivity index (χ1n) is 11.0. The van der Waals surface area contributed by atoms with E-state index in [-0.39, 0.29) is 11.9 Å². The van der Waals surface area contributed by atoms with Gasteiger partial charge in [-0.1, -0.05) is 25.0 Å². The van der Waals surface area contributed by atoms with Gasteiger partial charge in [0.05, 0.1) is 43.3 Å². The summed E-state index contributed by atoms with van der Waals surface area (Å²) in [5.41, 5.74) is 1.68. The van der Waals surface area contributed by atoms with E-state index in [4.69, 9.17) is 4.74 Å². The molecule has 3 aromatic rings. The van der Waals surface area contributed by atoms with Crippen LogP contribution in [-0.2, 0) is 11.3 Å². The molecule has 2 aromatic heterocycles. The average Bonchev–Trinajstić information content (AvgIpc) is 3.36. The second-order valence-electron chi connectivity index (χ2n) is 8.23. The van der Waals surface area contributed by atoms with Crippen molar-refractivity contribution < 1.29 is 14.6 Å². The number of hydrogen-bond donors (Lipinski definition) is 2. The van der Waals surface area contributed by atoms with Crippen molar-refractivity contribution in [3.63, 3.8) is 0 Å². The number of para-hydroxylation sites is 2. The molecular formula is C23H26N6O3. The number of aliphatic hydroxyl groups is 1. The molecule has 1 fully saturated rings. The van der Waals surface area contributed by atoms with Crippen molar-refractivity contribution in [1.82, 2.24) is 25.1 Å². The highest BCUT2D eigenvalue weighted by Crippen LogP contribution is 2.34. The molecule has 1 aromatic carbocycles. The maximum Gasteiger partial charge on any atom is 0.263 e. The van der Waals surface area contributed by atoms with Gasteiger partial charge in [0, 0.05) is 12.4 Å². The lowest BCUT2D eigenvalue weighted by molar-refractivity contribution is -0.129. The predicted octanol–water partition coefficient (Wildman–Crippen LogP) is 1.85. The highest BCUT2D eigenvalue weighted by molar-refractivity contribution is 5.83. The molecule has 32 heavy (non-hydrogen) atoms. The minimum atomic E-state index is -0.678. The van der Waals surface area contributed by atoms with Crippen LogP contribution in [0.15, 0.2) is 55.1 Å². The topological polar surface area (TPSA) is 105 Å². The summed E-state index contributed by atoms with van der Waals surface area (Å²) >= 11 is 0. The van der Waals surface area contributed by atoms with Crippen LogP contribution in [-0.4, -0.2) is 55.6 Å². The lowest BCUT2D eigenvalue weighted by Gasteiger charge is -2.36. The number of ether oxygens (including phenoxy) is 1. The Morgan fingerprint density at radius 3 is 2.75 bits per heavy atom. The van der Waals surface area contributed by atoms with Gasteiger partial charge in [-0.3, -0.25) is 4.79 Å². The summed E-state index contributed by atoms with van der Waals surface area (Å²) in [4.78, 5) is 24.0. The standard InChI is InChI=1S/C23H26N6O3/c30-19-8-3-1-6-17(19)27-23(31)21-14-28(18-7-2-4-9-20(18)32-21)15-22-24-12-16(13-25-22)29-11-5-10-26-29/h2,4-5,7,9-13,17,19,21,30H,1,3,6,8,14-15H2,(H,27,31). The van der Waals surface area contributed by atoms with Crippen LogP contribution < -0.4 is 15.0 Å². The number of carbonyl (C=O) groups is 1. The number of carbonyl (C=O) groups excluding carboxylic acids is 1. The van der Waals surface area contributed by atoms with E-state index in [1.807, 2.05) is 36.5 Å². The third kappa shape index (κ3) is 4.29. The second-order valence-corrected chi connectivity index (χ2v) is 8.23. The highest BCUT2D eigenvalue weighted by atomic mass is 16.5. The molecule has 0 saturated heterocycles. The summed E-state index contributed by atoms with van der Waals surface area (Å²) in [6, 6.07) is 9.28. The Morgan fingerprint density at radius 2 is 1.97 bits per heavy atom. The molecule has 2 aliphatic rings. The van der Waals surface area contributed by atoms with Gasteiger partial charge in [-0.25, -0.2) is 14.6 Å². The molecule has 1 amide bonds. The van der Waals surface area contributed by atoms with E-state index in [9.17, 15) is 9.90 Å². The first-order chi connectivity index (χ1) is 15.7. The molecule has 2 N–H and O–H groups in total. The van der Waals surface area contributed by atoms with Crippen LogP contribution in [0.25, 0.3) is 5.69 Å². The SMILES string of the molecule is O=C(NC1CCCCC1O)C1CN(Cc2ncc(-n3cccn3)cn2)c2ccccc2O1. The summed E-state index contributed by atoms with van der Waals surface area (Å²) in [6.07, 6.45) is 9.34. The van der Waals surface area contributed by atoms with Gasteiger partial charge in [0.1, 0.15) is 17.3 Å². The van der Waals surface area contributed by atoms with Crippen LogP contribution in [0.4, 0.5) is 5.69 Å². The zero-order valence-electron chi connectivity index (χ0n) is 17.7. The highest BCUT2D eigenvalue weighted by Gasteiger charge is 2.34. The van der Waals surface area contributed by atoms with E-state index in [1.165, 1.54) is 0 Å². The molecule has 9 heteroatoms. The van der Waals surface area contributed by atoms with Crippen LogP contribution in [0.5, 0.6) is 5.75 Å². The molecule has 0 radical (unpaired) electrons. The predicted molar refractivity (Wildman–Crippen MR) is 117 cm³/mol. The van der Waals surface area contributed by atoms with Crippen LogP contribution in [0.3, 0.4) is 0 Å². The number of aliphatic hydroxyl groups excluding tert-OH is 1. The van der Waals surface area contributed by atoms with Crippen LogP contribution >= 0.6 is 0 Å². The summed E-state index contributed by atoms with van der Waals surface area (Å²) < 4.78 is 7.72. The molecule has 3 unspecified atom stereocenters. The Morgan fingerprint density at radius 1 is 1.16 bits per heavy atom. The summed E-state index contributed by atoms with van der Waals surface area (Å²) in [6.45, 7) is 0.811. The number of nitrogens with one attached hydrogen (secondary N) is 1. The fourth-order valence-corrected chi connectivity index (χ4v) is 4.29. The second kappa shape index (κ2) is 8.96. The Kier molecular flexibility index (Phi) is 5.72. The summed E-state index contributed by atoms with van der Waals surface area (Å²) in [5, 5.41) is 17.4. The average molecular weight is 435 g/mol. The van der Waals surface area contributed by atoms with Crippen LogP contribution in [0, 0.1) is 0 Å². The van der Waals surface area contributed by atoms with Crippen molar-refractivity contribution in [2.45, 2.75) is 50.5 Å². The van der Waals surface area contributed by atoms with E-state index in [0.29, 0.717) is 24.7 Å². The van der Waals surface area contributed by atoms with Gasteiger partial charge >= 0.3 is 0 Å². The third-order valence-electron chi connectivity index (χ3n) is 6.00. The van der Waals surface area contributed by atoms with Gasteiger partial charge in [-0.2, -0.15) is 5.10 Å². The normalized spacial score (nSPS) is 22.7. The number of hydrogen-bond acceptors (Lipinski definition) is 7. The minimum Gasteiger partial charge on any atom is -0.477 e.